The van der Waals surface area contributed by atoms with Gasteiger partial charge in [0.2, 0.25) is 0 Å². The van der Waals surface area contributed by atoms with Crippen LogP contribution < -0.4 is 0 Å². The van der Waals surface area contributed by atoms with Crippen molar-refractivity contribution in [2.75, 3.05) is 0 Å². The van der Waals surface area contributed by atoms with Crippen LogP contribution in [-0.4, -0.2) is 22.3 Å². The van der Waals surface area contributed by atoms with Gasteiger partial charge < -0.3 is 10.2 Å². The van der Waals surface area contributed by atoms with E-state index in [0.717, 1.165) is 18.9 Å². The van der Waals surface area contributed by atoms with Crippen molar-refractivity contribution in [3.63, 3.8) is 0 Å². The van der Waals surface area contributed by atoms with Crippen LogP contribution in [0.1, 0.15) is 26.2 Å². The number of rotatable bonds is 5. The second kappa shape index (κ2) is 5.92. The number of hydrogen-bond donors (Lipinski definition) is 2. The van der Waals surface area contributed by atoms with Crippen molar-refractivity contribution in [3.8, 4) is 0 Å². The van der Waals surface area contributed by atoms with Gasteiger partial charge in [-0.25, -0.2) is 4.79 Å². The molecule has 0 aliphatic rings. The molecule has 1 atom stereocenters. The first-order valence-electron chi connectivity index (χ1n) is 3.76. The van der Waals surface area contributed by atoms with E-state index in [2.05, 4.69) is 0 Å². The summed E-state index contributed by atoms with van der Waals surface area (Å²) in [7, 11) is 0. The molecule has 0 saturated carbocycles. The summed E-state index contributed by atoms with van der Waals surface area (Å²) in [6.45, 7) is 2.02. The first-order valence-corrected chi connectivity index (χ1v) is 3.76. The van der Waals surface area contributed by atoms with Gasteiger partial charge >= 0.3 is 5.97 Å². The predicted octanol–water partition coefficient (Wildman–Crippen LogP) is 1.18. The van der Waals surface area contributed by atoms with Gasteiger partial charge in [-0.1, -0.05) is 19.8 Å². The van der Waals surface area contributed by atoms with Gasteiger partial charge in [0.15, 0.2) is 0 Å². The standard InChI is InChI=1S/C8H14O3/c1-2-3-4-7(9)5-6-8(10)11/h5-7,9H,2-4H2,1H3,(H,10,11)/b6-5+. The van der Waals surface area contributed by atoms with Crippen molar-refractivity contribution in [3.05, 3.63) is 12.2 Å². The first kappa shape index (κ1) is 10.2. The average Bonchev–Trinajstić information content (AvgIpc) is 1.97. The molecule has 0 aromatic heterocycles. The maximum absolute atomic E-state index is 9.98. The SMILES string of the molecule is CCCCC(O)/C=C/C(=O)O. The minimum absolute atomic E-state index is 0.606. The zero-order valence-electron chi connectivity index (χ0n) is 6.66. The second-order valence-corrected chi connectivity index (χ2v) is 2.41. The third-order valence-electron chi connectivity index (χ3n) is 1.31. The topological polar surface area (TPSA) is 57.5 Å². The summed E-state index contributed by atoms with van der Waals surface area (Å²) in [6.07, 6.45) is 4.24. The molecule has 0 bridgehead atoms. The Morgan fingerprint density at radius 1 is 1.64 bits per heavy atom. The average molecular weight is 158 g/mol. The first-order chi connectivity index (χ1) is 5.16. The molecule has 64 valence electrons. The van der Waals surface area contributed by atoms with Gasteiger partial charge in [0, 0.05) is 6.08 Å². The number of hydrogen-bond acceptors (Lipinski definition) is 2. The van der Waals surface area contributed by atoms with Gasteiger partial charge in [0.25, 0.3) is 0 Å². The van der Waals surface area contributed by atoms with E-state index < -0.39 is 12.1 Å². The lowest BCUT2D eigenvalue weighted by molar-refractivity contribution is -0.131. The lowest BCUT2D eigenvalue weighted by Gasteiger charge is -2.01. The molecule has 1 unspecified atom stereocenters. The van der Waals surface area contributed by atoms with Crippen molar-refractivity contribution in [1.29, 1.82) is 0 Å². The molecule has 0 fully saturated rings. The number of aliphatic hydroxyl groups is 1. The molecule has 0 saturated heterocycles. The van der Waals surface area contributed by atoms with E-state index in [9.17, 15) is 4.79 Å². The molecule has 0 spiro atoms. The highest BCUT2D eigenvalue weighted by atomic mass is 16.4. The molecular formula is C8H14O3. The summed E-state index contributed by atoms with van der Waals surface area (Å²) in [5, 5.41) is 17.3. The Bertz CT molecular complexity index is 140. The van der Waals surface area contributed by atoms with Crippen molar-refractivity contribution in [2.45, 2.75) is 32.3 Å². The highest BCUT2D eigenvalue weighted by molar-refractivity contribution is 5.79. The Morgan fingerprint density at radius 3 is 2.73 bits per heavy atom. The third kappa shape index (κ3) is 7.06. The molecule has 0 aliphatic carbocycles. The van der Waals surface area contributed by atoms with Crippen molar-refractivity contribution < 1.29 is 15.0 Å². The van der Waals surface area contributed by atoms with Crippen LogP contribution in [0, 0.1) is 0 Å². The molecule has 0 radical (unpaired) electrons. The molecule has 0 aromatic rings. The van der Waals surface area contributed by atoms with Crippen LogP contribution in [0.15, 0.2) is 12.2 Å². The van der Waals surface area contributed by atoms with Gasteiger partial charge in [-0.3, -0.25) is 0 Å². The van der Waals surface area contributed by atoms with Gasteiger partial charge in [-0.2, -0.15) is 0 Å². The second-order valence-electron chi connectivity index (χ2n) is 2.41. The van der Waals surface area contributed by atoms with E-state index in [0.29, 0.717) is 6.42 Å². The summed E-state index contributed by atoms with van der Waals surface area (Å²) < 4.78 is 0. The van der Waals surface area contributed by atoms with Crippen molar-refractivity contribution in [1.82, 2.24) is 0 Å². The van der Waals surface area contributed by atoms with Crippen LogP contribution in [0.4, 0.5) is 0 Å². The normalized spacial score (nSPS) is 13.6. The monoisotopic (exact) mass is 158 g/mol. The van der Waals surface area contributed by atoms with E-state index >= 15 is 0 Å². The highest BCUT2D eigenvalue weighted by Crippen LogP contribution is 2.00. The number of carbonyl (C=O) groups is 1. The fraction of sp³-hybridized carbons (Fsp3) is 0.625. The number of carboxylic acids is 1. The zero-order chi connectivity index (χ0) is 8.69. The van der Waals surface area contributed by atoms with Gasteiger partial charge in [0.1, 0.15) is 0 Å². The largest absolute Gasteiger partial charge is 0.478 e. The lowest BCUT2D eigenvalue weighted by atomic mass is 10.1. The van der Waals surface area contributed by atoms with Gasteiger partial charge in [-0.05, 0) is 12.5 Å². The fourth-order valence-electron chi connectivity index (χ4n) is 0.703. The molecule has 11 heavy (non-hydrogen) atoms. The summed E-state index contributed by atoms with van der Waals surface area (Å²) in [5.41, 5.74) is 0. The quantitative estimate of drug-likeness (QED) is 0.590. The van der Waals surface area contributed by atoms with Crippen molar-refractivity contribution >= 4 is 5.97 Å². The number of aliphatic carboxylic acids is 1. The van der Waals surface area contributed by atoms with Crippen LogP contribution in [0.2, 0.25) is 0 Å². The molecule has 0 aliphatic heterocycles. The maximum atomic E-state index is 9.98. The van der Waals surface area contributed by atoms with E-state index in [1.807, 2.05) is 6.92 Å². The van der Waals surface area contributed by atoms with E-state index in [1.54, 1.807) is 0 Å². The highest BCUT2D eigenvalue weighted by Gasteiger charge is 1.97. The van der Waals surface area contributed by atoms with Crippen LogP contribution in [0.25, 0.3) is 0 Å². The smallest absolute Gasteiger partial charge is 0.328 e. The van der Waals surface area contributed by atoms with Crippen molar-refractivity contribution in [2.24, 2.45) is 0 Å². The fourth-order valence-corrected chi connectivity index (χ4v) is 0.703. The van der Waals surface area contributed by atoms with Gasteiger partial charge in [-0.15, -0.1) is 0 Å². The third-order valence-corrected chi connectivity index (χ3v) is 1.31. The number of carboxylic acid groups (broad SMARTS) is 1. The predicted molar refractivity (Wildman–Crippen MR) is 42.3 cm³/mol. The lowest BCUT2D eigenvalue weighted by Crippen LogP contribution is -2.02. The Labute approximate surface area is 66.4 Å². The van der Waals surface area contributed by atoms with E-state index in [-0.39, 0.29) is 0 Å². The molecule has 3 heteroatoms. The summed E-state index contributed by atoms with van der Waals surface area (Å²) in [5.74, 6) is -1.01. The van der Waals surface area contributed by atoms with Crippen LogP contribution in [0.3, 0.4) is 0 Å². The van der Waals surface area contributed by atoms with E-state index in [1.165, 1.54) is 6.08 Å². The summed E-state index contributed by atoms with van der Waals surface area (Å²) in [6, 6.07) is 0. The Kier molecular flexibility index (Phi) is 5.47. The number of unbranched alkanes of at least 4 members (excludes halogenated alkanes) is 1. The molecule has 0 amide bonds. The molecule has 0 heterocycles. The molecular weight excluding hydrogens is 144 g/mol. The van der Waals surface area contributed by atoms with Crippen LogP contribution in [0.5, 0.6) is 0 Å². The maximum Gasteiger partial charge on any atom is 0.328 e. The minimum atomic E-state index is -1.01. The molecule has 2 N–H and O–H groups in total. The Balaban J connectivity index is 3.50. The summed E-state index contributed by atoms with van der Waals surface area (Å²) in [4.78, 5) is 9.98. The summed E-state index contributed by atoms with van der Waals surface area (Å²) >= 11 is 0. The minimum Gasteiger partial charge on any atom is -0.478 e. The Hall–Kier alpha value is -0.830. The zero-order valence-corrected chi connectivity index (χ0v) is 6.66. The Morgan fingerprint density at radius 2 is 2.27 bits per heavy atom. The van der Waals surface area contributed by atoms with Crippen LogP contribution >= 0.6 is 0 Å². The van der Waals surface area contributed by atoms with E-state index in [4.69, 9.17) is 10.2 Å². The molecule has 3 nitrogen and oxygen atoms in total. The molecule has 0 aromatic carbocycles. The number of aliphatic hydroxyl groups excluding tert-OH is 1. The van der Waals surface area contributed by atoms with Crippen LogP contribution in [-0.2, 0) is 4.79 Å². The van der Waals surface area contributed by atoms with Gasteiger partial charge in [0.05, 0.1) is 6.10 Å². The molecule has 0 rings (SSSR count).